The van der Waals surface area contributed by atoms with E-state index in [9.17, 15) is 4.79 Å². The molecule has 0 unspecified atom stereocenters. The molecule has 6 nitrogen and oxygen atoms in total. The molecule has 0 aliphatic heterocycles. The summed E-state index contributed by atoms with van der Waals surface area (Å²) in [6, 6.07) is 7.55. The molecule has 1 amide bonds. The van der Waals surface area contributed by atoms with Crippen molar-refractivity contribution in [2.24, 2.45) is 0 Å². The molecule has 0 spiro atoms. The number of pyridine rings is 2. The first-order chi connectivity index (χ1) is 13.0. The summed E-state index contributed by atoms with van der Waals surface area (Å²) in [6.45, 7) is 5.89. The summed E-state index contributed by atoms with van der Waals surface area (Å²) in [7, 11) is 0. The summed E-state index contributed by atoms with van der Waals surface area (Å²) >= 11 is 0. The van der Waals surface area contributed by atoms with Crippen LogP contribution < -0.4 is 14.8 Å². The quantitative estimate of drug-likeness (QED) is 0.841. The number of rotatable bonds is 6. The molecule has 2 heterocycles. The lowest BCUT2D eigenvalue weighted by atomic mass is 9.92. The maximum absolute atomic E-state index is 12.4. The summed E-state index contributed by atoms with van der Waals surface area (Å²) in [5.41, 5.74) is 1.67. The number of hydrogen-bond acceptors (Lipinski definition) is 5. The van der Waals surface area contributed by atoms with E-state index < -0.39 is 0 Å². The van der Waals surface area contributed by atoms with Gasteiger partial charge in [-0.1, -0.05) is 6.07 Å². The highest BCUT2D eigenvalue weighted by atomic mass is 16.5. The highest BCUT2D eigenvalue weighted by Crippen LogP contribution is 2.23. The van der Waals surface area contributed by atoms with Crippen molar-refractivity contribution in [3.63, 3.8) is 0 Å². The van der Waals surface area contributed by atoms with E-state index in [1.165, 1.54) is 0 Å². The monoisotopic (exact) mass is 369 g/mol. The Morgan fingerprint density at radius 2 is 1.74 bits per heavy atom. The highest BCUT2D eigenvalue weighted by molar-refractivity contribution is 5.94. The zero-order valence-electron chi connectivity index (χ0n) is 16.1. The SMILES string of the molecule is Cc1ccc(OC2CCC(NC(=O)c3ccc(OC(C)C)nc3)CC2)nc1. The fourth-order valence-corrected chi connectivity index (χ4v) is 3.11. The van der Waals surface area contributed by atoms with Crippen LogP contribution in [0.5, 0.6) is 11.8 Å². The van der Waals surface area contributed by atoms with Crippen LogP contribution in [-0.4, -0.2) is 34.1 Å². The second-order valence-electron chi connectivity index (χ2n) is 7.29. The van der Waals surface area contributed by atoms with Crippen LogP contribution in [0.25, 0.3) is 0 Å². The van der Waals surface area contributed by atoms with Gasteiger partial charge in [-0.25, -0.2) is 9.97 Å². The number of amides is 1. The molecule has 1 saturated carbocycles. The van der Waals surface area contributed by atoms with Gasteiger partial charge in [0.25, 0.3) is 5.91 Å². The number of nitrogens with one attached hydrogen (secondary N) is 1. The molecule has 1 N–H and O–H groups in total. The molecule has 2 aromatic rings. The van der Waals surface area contributed by atoms with Gasteiger partial charge in [-0.05, 0) is 58.1 Å². The lowest BCUT2D eigenvalue weighted by Crippen LogP contribution is -2.39. The number of ether oxygens (including phenoxy) is 2. The van der Waals surface area contributed by atoms with Gasteiger partial charge in [-0.2, -0.15) is 0 Å². The molecule has 27 heavy (non-hydrogen) atoms. The molecule has 1 aliphatic rings. The lowest BCUT2D eigenvalue weighted by molar-refractivity contribution is 0.0889. The van der Waals surface area contributed by atoms with Gasteiger partial charge in [0.1, 0.15) is 6.10 Å². The summed E-state index contributed by atoms with van der Waals surface area (Å²) in [4.78, 5) is 20.9. The van der Waals surface area contributed by atoms with Crippen LogP contribution >= 0.6 is 0 Å². The van der Waals surface area contributed by atoms with Crippen molar-refractivity contribution >= 4 is 5.91 Å². The maximum Gasteiger partial charge on any atom is 0.253 e. The maximum atomic E-state index is 12.4. The second kappa shape index (κ2) is 8.84. The number of carbonyl (C=O) groups excluding carboxylic acids is 1. The molecule has 0 bridgehead atoms. The smallest absolute Gasteiger partial charge is 0.253 e. The molecule has 1 aliphatic carbocycles. The molecule has 6 heteroatoms. The lowest BCUT2D eigenvalue weighted by Gasteiger charge is -2.29. The highest BCUT2D eigenvalue weighted by Gasteiger charge is 2.24. The van der Waals surface area contributed by atoms with Gasteiger partial charge in [0, 0.05) is 30.6 Å². The third-order valence-electron chi connectivity index (χ3n) is 4.54. The van der Waals surface area contributed by atoms with Crippen molar-refractivity contribution in [1.82, 2.24) is 15.3 Å². The Morgan fingerprint density at radius 1 is 1.04 bits per heavy atom. The third-order valence-corrected chi connectivity index (χ3v) is 4.54. The van der Waals surface area contributed by atoms with Crippen molar-refractivity contribution in [3.8, 4) is 11.8 Å². The Morgan fingerprint density at radius 3 is 2.33 bits per heavy atom. The molecular formula is C21H27N3O3. The Balaban J connectivity index is 1.45. The van der Waals surface area contributed by atoms with E-state index in [2.05, 4.69) is 15.3 Å². The fraction of sp³-hybridized carbons (Fsp3) is 0.476. The zero-order chi connectivity index (χ0) is 19.2. The number of aryl methyl sites for hydroxylation is 1. The van der Waals surface area contributed by atoms with E-state index in [4.69, 9.17) is 9.47 Å². The Labute approximate surface area is 160 Å². The Hall–Kier alpha value is -2.63. The van der Waals surface area contributed by atoms with Gasteiger partial charge in [-0.3, -0.25) is 4.79 Å². The Kier molecular flexibility index (Phi) is 6.27. The number of aromatic nitrogens is 2. The number of hydrogen-bond donors (Lipinski definition) is 1. The van der Waals surface area contributed by atoms with Crippen molar-refractivity contribution < 1.29 is 14.3 Å². The summed E-state index contributed by atoms with van der Waals surface area (Å²) in [5.74, 6) is 1.11. The van der Waals surface area contributed by atoms with Gasteiger partial charge in [-0.15, -0.1) is 0 Å². The van der Waals surface area contributed by atoms with Gasteiger partial charge >= 0.3 is 0 Å². The van der Waals surface area contributed by atoms with Crippen LogP contribution in [0.15, 0.2) is 36.7 Å². The van der Waals surface area contributed by atoms with Gasteiger partial charge in [0.05, 0.1) is 11.7 Å². The van der Waals surface area contributed by atoms with Gasteiger partial charge < -0.3 is 14.8 Å². The molecule has 0 aromatic carbocycles. The van der Waals surface area contributed by atoms with Crippen molar-refractivity contribution in [2.45, 2.75) is 64.7 Å². The van der Waals surface area contributed by atoms with Crippen LogP contribution in [0.2, 0.25) is 0 Å². The van der Waals surface area contributed by atoms with Crippen LogP contribution in [0.3, 0.4) is 0 Å². The minimum absolute atomic E-state index is 0.0599. The standard InChI is InChI=1S/C21H27N3O3/c1-14(2)26-19-11-5-16(13-23-19)21(25)24-17-6-8-18(9-7-17)27-20-10-4-15(3)12-22-20/h4-5,10-14,17-18H,6-9H2,1-3H3,(H,24,25). The van der Waals surface area contributed by atoms with E-state index in [1.807, 2.05) is 39.1 Å². The first-order valence-electron chi connectivity index (χ1n) is 9.52. The number of carbonyl (C=O) groups is 1. The predicted molar refractivity (Wildman–Crippen MR) is 103 cm³/mol. The minimum atomic E-state index is -0.0943. The van der Waals surface area contributed by atoms with Gasteiger partial charge in [0.15, 0.2) is 0 Å². The Bertz CT molecular complexity index is 736. The molecule has 1 fully saturated rings. The van der Waals surface area contributed by atoms with E-state index in [1.54, 1.807) is 18.3 Å². The molecule has 0 atom stereocenters. The van der Waals surface area contributed by atoms with Gasteiger partial charge in [0.2, 0.25) is 11.8 Å². The molecule has 0 radical (unpaired) electrons. The van der Waals surface area contributed by atoms with Crippen LogP contribution in [0, 0.1) is 6.92 Å². The summed E-state index contributed by atoms with van der Waals surface area (Å²) in [5, 5.41) is 3.10. The number of nitrogens with zero attached hydrogens (tertiary/aromatic N) is 2. The summed E-state index contributed by atoms with van der Waals surface area (Å²) < 4.78 is 11.4. The largest absolute Gasteiger partial charge is 0.475 e. The third kappa shape index (κ3) is 5.67. The second-order valence-corrected chi connectivity index (χ2v) is 7.29. The van der Waals surface area contributed by atoms with Crippen LogP contribution in [0.4, 0.5) is 0 Å². The molecule has 2 aromatic heterocycles. The van der Waals surface area contributed by atoms with Crippen LogP contribution in [-0.2, 0) is 0 Å². The molecular weight excluding hydrogens is 342 g/mol. The average Bonchev–Trinajstić information content (AvgIpc) is 2.65. The molecule has 144 valence electrons. The van der Waals surface area contributed by atoms with Crippen molar-refractivity contribution in [1.29, 1.82) is 0 Å². The molecule has 0 saturated heterocycles. The zero-order valence-corrected chi connectivity index (χ0v) is 16.1. The van der Waals surface area contributed by atoms with Crippen molar-refractivity contribution in [3.05, 3.63) is 47.8 Å². The van der Waals surface area contributed by atoms with E-state index >= 15 is 0 Å². The normalized spacial score (nSPS) is 19.6. The molecule has 3 rings (SSSR count). The fourth-order valence-electron chi connectivity index (χ4n) is 3.11. The van der Waals surface area contributed by atoms with Crippen molar-refractivity contribution in [2.75, 3.05) is 0 Å². The van der Waals surface area contributed by atoms with E-state index in [0.717, 1.165) is 31.2 Å². The topological polar surface area (TPSA) is 73.3 Å². The van der Waals surface area contributed by atoms with E-state index in [-0.39, 0.29) is 24.2 Å². The first-order valence-corrected chi connectivity index (χ1v) is 9.52. The van der Waals surface area contributed by atoms with E-state index in [0.29, 0.717) is 17.3 Å². The average molecular weight is 369 g/mol. The summed E-state index contributed by atoms with van der Waals surface area (Å²) in [6.07, 6.45) is 7.18. The first kappa shape index (κ1) is 19.1. The van der Waals surface area contributed by atoms with Crippen LogP contribution in [0.1, 0.15) is 55.5 Å². The predicted octanol–water partition coefficient (Wildman–Crippen LogP) is 3.69. The minimum Gasteiger partial charge on any atom is -0.475 e.